The topological polar surface area (TPSA) is 128 Å². The lowest BCUT2D eigenvalue weighted by Crippen LogP contribution is -2.41. The van der Waals surface area contributed by atoms with Gasteiger partial charge in [-0.3, -0.25) is 30.1 Å². The first-order valence-electron chi connectivity index (χ1n) is 12.6. The van der Waals surface area contributed by atoms with E-state index in [9.17, 15) is 22.8 Å². The minimum absolute atomic E-state index is 0.160. The molecule has 1 saturated heterocycles. The lowest BCUT2D eigenvalue weighted by Gasteiger charge is -2.25. The first kappa shape index (κ1) is 27.2. The Labute approximate surface area is 221 Å². The van der Waals surface area contributed by atoms with Crippen molar-refractivity contribution in [1.29, 1.82) is 0 Å². The molecule has 0 aliphatic carbocycles. The second-order valence-corrected chi connectivity index (χ2v) is 12.3. The Morgan fingerprint density at radius 2 is 1.62 bits per heavy atom. The van der Waals surface area contributed by atoms with Gasteiger partial charge in [-0.15, -0.1) is 11.3 Å². The molecule has 3 amide bonds. The van der Waals surface area contributed by atoms with Gasteiger partial charge in [-0.05, 0) is 55.6 Å². The van der Waals surface area contributed by atoms with Gasteiger partial charge in [0.2, 0.25) is 15.9 Å². The molecule has 3 N–H and O–H groups in total. The predicted molar refractivity (Wildman–Crippen MR) is 142 cm³/mol. The number of carbonyl (C=O) groups excluding carboxylic acids is 3. The van der Waals surface area contributed by atoms with Crippen LogP contribution in [0.4, 0.5) is 5.00 Å². The predicted octanol–water partition coefficient (Wildman–Crippen LogP) is 2.72. The summed E-state index contributed by atoms with van der Waals surface area (Å²) in [4.78, 5) is 40.8. The molecule has 0 unspecified atom stereocenters. The van der Waals surface area contributed by atoms with Crippen LogP contribution in [0, 0.1) is 0 Å². The lowest BCUT2D eigenvalue weighted by molar-refractivity contribution is -0.119. The quantitative estimate of drug-likeness (QED) is 0.477. The molecule has 37 heavy (non-hydrogen) atoms. The van der Waals surface area contributed by atoms with Gasteiger partial charge in [-0.25, -0.2) is 8.42 Å². The van der Waals surface area contributed by atoms with Crippen LogP contribution in [-0.2, 0) is 27.8 Å². The smallest absolute Gasteiger partial charge is 0.272 e. The molecule has 3 heterocycles. The molecular formula is C25H33N5O5S2. The Morgan fingerprint density at radius 1 is 0.946 bits per heavy atom. The van der Waals surface area contributed by atoms with E-state index in [1.165, 1.54) is 46.8 Å². The number of hydrogen-bond acceptors (Lipinski definition) is 7. The van der Waals surface area contributed by atoms with E-state index in [2.05, 4.69) is 28.0 Å². The van der Waals surface area contributed by atoms with Crippen LogP contribution >= 0.6 is 11.3 Å². The average molecular weight is 548 g/mol. The molecule has 2 aromatic rings. The Balaban J connectivity index is 1.55. The van der Waals surface area contributed by atoms with E-state index in [4.69, 9.17) is 0 Å². The standard InChI is InChI=1S/C25H33N5O5S2/c1-3-29-15-12-20-21(16-29)36-25(22(20)24(33)28-27-17(2)31)26-23(32)18-8-10-19(11-9-18)37(34,35)30-13-6-4-5-7-14-30/h8-11H,3-7,12-16H2,1-2H3,(H,26,32)(H,27,31)(H,28,33). The third kappa shape index (κ3) is 6.20. The van der Waals surface area contributed by atoms with Crippen molar-refractivity contribution in [2.24, 2.45) is 0 Å². The Hall–Kier alpha value is -2.80. The molecule has 200 valence electrons. The fourth-order valence-corrected chi connectivity index (χ4v) is 7.45. The molecule has 0 radical (unpaired) electrons. The number of sulfonamides is 1. The number of carbonyl (C=O) groups is 3. The summed E-state index contributed by atoms with van der Waals surface area (Å²) in [7, 11) is -3.62. The molecular weight excluding hydrogens is 514 g/mol. The van der Waals surface area contributed by atoms with Crippen molar-refractivity contribution in [3.63, 3.8) is 0 Å². The van der Waals surface area contributed by atoms with Crippen LogP contribution in [0.5, 0.6) is 0 Å². The number of nitrogens with zero attached hydrogens (tertiary/aromatic N) is 2. The maximum absolute atomic E-state index is 13.1. The van der Waals surface area contributed by atoms with Crippen LogP contribution in [0.15, 0.2) is 29.2 Å². The Bertz CT molecular complexity index is 1270. The number of rotatable bonds is 6. The Morgan fingerprint density at radius 3 is 2.24 bits per heavy atom. The highest BCUT2D eigenvalue weighted by Crippen LogP contribution is 2.37. The molecule has 0 saturated carbocycles. The third-order valence-corrected chi connectivity index (χ3v) is 9.75. The highest BCUT2D eigenvalue weighted by molar-refractivity contribution is 7.89. The minimum Gasteiger partial charge on any atom is -0.313 e. The monoisotopic (exact) mass is 547 g/mol. The van der Waals surface area contributed by atoms with Crippen molar-refractivity contribution < 1.29 is 22.8 Å². The van der Waals surface area contributed by atoms with Gasteiger partial charge in [-0.2, -0.15) is 4.31 Å². The van der Waals surface area contributed by atoms with E-state index in [0.29, 0.717) is 36.6 Å². The summed E-state index contributed by atoms with van der Waals surface area (Å²) < 4.78 is 27.6. The van der Waals surface area contributed by atoms with Crippen molar-refractivity contribution in [3.05, 3.63) is 45.8 Å². The minimum atomic E-state index is -3.62. The van der Waals surface area contributed by atoms with Crippen LogP contribution < -0.4 is 16.2 Å². The molecule has 2 aliphatic rings. The van der Waals surface area contributed by atoms with Gasteiger partial charge in [0.25, 0.3) is 11.8 Å². The molecule has 12 heteroatoms. The van der Waals surface area contributed by atoms with Crippen molar-refractivity contribution >= 4 is 44.1 Å². The molecule has 4 rings (SSSR count). The van der Waals surface area contributed by atoms with Gasteiger partial charge in [-0.1, -0.05) is 19.8 Å². The average Bonchev–Trinajstić information content (AvgIpc) is 3.04. The van der Waals surface area contributed by atoms with E-state index in [-0.39, 0.29) is 10.5 Å². The maximum atomic E-state index is 13.1. The van der Waals surface area contributed by atoms with Crippen LogP contribution in [0.1, 0.15) is 70.7 Å². The summed E-state index contributed by atoms with van der Waals surface area (Å²) >= 11 is 1.35. The summed E-state index contributed by atoms with van der Waals surface area (Å²) in [5, 5.41) is 3.24. The molecule has 0 atom stereocenters. The number of thiophene rings is 1. The van der Waals surface area contributed by atoms with Gasteiger partial charge in [0.1, 0.15) is 5.00 Å². The van der Waals surface area contributed by atoms with Gasteiger partial charge >= 0.3 is 0 Å². The van der Waals surface area contributed by atoms with E-state index in [1.54, 1.807) is 0 Å². The number of anilines is 1. The van der Waals surface area contributed by atoms with Crippen LogP contribution in [0.3, 0.4) is 0 Å². The zero-order valence-electron chi connectivity index (χ0n) is 21.1. The Kier molecular flexibility index (Phi) is 8.63. The highest BCUT2D eigenvalue weighted by Gasteiger charge is 2.29. The van der Waals surface area contributed by atoms with Crippen molar-refractivity contribution in [3.8, 4) is 0 Å². The first-order valence-corrected chi connectivity index (χ1v) is 14.8. The first-order chi connectivity index (χ1) is 17.7. The number of likely N-dealkylation sites (N-methyl/N-ethyl adjacent to an activating group) is 1. The van der Waals surface area contributed by atoms with E-state index >= 15 is 0 Å². The number of benzene rings is 1. The zero-order chi connectivity index (χ0) is 26.6. The maximum Gasteiger partial charge on any atom is 0.272 e. The molecule has 1 aromatic carbocycles. The molecule has 0 spiro atoms. The number of hydrogen-bond donors (Lipinski definition) is 3. The SMILES string of the molecule is CCN1CCc2c(sc(NC(=O)c3ccc(S(=O)(=O)N4CCCCCC4)cc3)c2C(=O)NNC(C)=O)C1. The van der Waals surface area contributed by atoms with Crippen LogP contribution in [0.25, 0.3) is 0 Å². The summed E-state index contributed by atoms with van der Waals surface area (Å²) in [6, 6.07) is 5.89. The second kappa shape index (κ2) is 11.7. The van der Waals surface area contributed by atoms with Crippen LogP contribution in [-0.4, -0.2) is 61.5 Å². The fourth-order valence-electron chi connectivity index (χ4n) is 4.65. The van der Waals surface area contributed by atoms with Gasteiger partial charge in [0, 0.05) is 43.5 Å². The van der Waals surface area contributed by atoms with E-state index in [0.717, 1.165) is 49.2 Å². The van der Waals surface area contributed by atoms with Crippen molar-refractivity contribution in [2.75, 3.05) is 31.5 Å². The molecule has 2 aliphatic heterocycles. The second-order valence-electron chi connectivity index (χ2n) is 9.26. The summed E-state index contributed by atoms with van der Waals surface area (Å²) in [5.41, 5.74) is 6.21. The highest BCUT2D eigenvalue weighted by atomic mass is 32.2. The van der Waals surface area contributed by atoms with E-state index in [1.807, 2.05) is 0 Å². The van der Waals surface area contributed by atoms with E-state index < -0.39 is 27.7 Å². The largest absolute Gasteiger partial charge is 0.313 e. The number of nitrogens with one attached hydrogen (secondary N) is 3. The van der Waals surface area contributed by atoms with Crippen molar-refractivity contribution in [1.82, 2.24) is 20.1 Å². The van der Waals surface area contributed by atoms with Gasteiger partial charge in [0.15, 0.2) is 0 Å². The summed E-state index contributed by atoms with van der Waals surface area (Å²) in [6.45, 7) is 6.72. The normalized spacial score (nSPS) is 16.9. The summed E-state index contributed by atoms with van der Waals surface area (Å²) in [6.07, 6.45) is 4.40. The van der Waals surface area contributed by atoms with Crippen molar-refractivity contribution in [2.45, 2.75) is 57.4 Å². The van der Waals surface area contributed by atoms with Gasteiger partial charge < -0.3 is 5.32 Å². The molecule has 1 fully saturated rings. The molecule has 0 bridgehead atoms. The van der Waals surface area contributed by atoms with Gasteiger partial charge in [0.05, 0.1) is 10.5 Å². The number of hydrazine groups is 1. The number of fused-ring (bicyclic) bond motifs is 1. The third-order valence-electron chi connectivity index (χ3n) is 6.71. The molecule has 1 aromatic heterocycles. The fraction of sp³-hybridized carbons (Fsp3) is 0.480. The lowest BCUT2D eigenvalue weighted by atomic mass is 10.0. The van der Waals surface area contributed by atoms with Crippen LogP contribution in [0.2, 0.25) is 0 Å². The zero-order valence-corrected chi connectivity index (χ0v) is 22.8. The summed E-state index contributed by atoms with van der Waals surface area (Å²) in [5.74, 6) is -1.35. The molecule has 10 nitrogen and oxygen atoms in total. The number of amides is 3.